The Morgan fingerprint density at radius 2 is 1.90 bits per heavy atom. The number of nitrogen functional groups attached to an aromatic ring is 1. The number of nitrogens with two attached hydrogens (primary N) is 2. The Labute approximate surface area is 116 Å². The minimum atomic E-state index is -0.876. The smallest absolute Gasteiger partial charge is 0.270 e. The Morgan fingerprint density at radius 1 is 1.25 bits per heavy atom. The lowest BCUT2D eigenvalue weighted by Crippen LogP contribution is -2.47. The van der Waals surface area contributed by atoms with Crippen LogP contribution >= 0.6 is 0 Å². The van der Waals surface area contributed by atoms with Crippen molar-refractivity contribution in [3.05, 3.63) is 29.3 Å². The summed E-state index contributed by atoms with van der Waals surface area (Å²) in [5.74, 6) is -1.83. The maximum Gasteiger partial charge on any atom is 0.270 e. The first-order valence-corrected chi connectivity index (χ1v) is 6.41. The highest BCUT2D eigenvalue weighted by Crippen LogP contribution is 2.28. The van der Waals surface area contributed by atoms with E-state index in [-0.39, 0.29) is 22.7 Å². The lowest BCUT2D eigenvalue weighted by Gasteiger charge is -2.18. The molecule has 4 N–H and O–H groups in total. The van der Waals surface area contributed by atoms with Gasteiger partial charge >= 0.3 is 0 Å². The van der Waals surface area contributed by atoms with Crippen molar-refractivity contribution in [3.63, 3.8) is 0 Å². The molecule has 1 aliphatic heterocycles. The molecule has 1 aromatic rings. The minimum absolute atomic E-state index is 0.0857. The zero-order chi connectivity index (χ0) is 15.0. The van der Waals surface area contributed by atoms with Crippen LogP contribution < -0.4 is 11.5 Å². The number of fused-ring (bicyclic) bond motifs is 1. The summed E-state index contributed by atoms with van der Waals surface area (Å²) in [6, 6.07) is 3.69. The molecule has 0 fully saturated rings. The van der Waals surface area contributed by atoms with E-state index >= 15 is 0 Å². The quantitative estimate of drug-likeness (QED) is 0.625. The molecule has 1 aliphatic rings. The van der Waals surface area contributed by atoms with Crippen LogP contribution in [0, 0.1) is 5.92 Å². The molecule has 1 heterocycles. The average Bonchev–Trinajstić information content (AvgIpc) is 2.61. The number of nitrogens with zero attached hydrogens (tertiary/aromatic N) is 1. The van der Waals surface area contributed by atoms with Crippen LogP contribution in [0.25, 0.3) is 0 Å². The summed E-state index contributed by atoms with van der Waals surface area (Å²) in [4.78, 5) is 37.2. The minimum Gasteiger partial charge on any atom is -0.398 e. The Morgan fingerprint density at radius 3 is 2.45 bits per heavy atom. The monoisotopic (exact) mass is 275 g/mol. The lowest BCUT2D eigenvalue weighted by atomic mass is 10.0. The molecule has 0 saturated carbocycles. The van der Waals surface area contributed by atoms with Crippen molar-refractivity contribution in [1.82, 2.24) is 4.90 Å². The topological polar surface area (TPSA) is 106 Å². The molecule has 1 atom stereocenters. The van der Waals surface area contributed by atoms with Crippen LogP contribution in [0.1, 0.15) is 41.0 Å². The third-order valence-electron chi connectivity index (χ3n) is 3.21. The highest BCUT2D eigenvalue weighted by molar-refractivity contribution is 6.31. The van der Waals surface area contributed by atoms with Crippen molar-refractivity contribution in [2.45, 2.75) is 26.3 Å². The molecule has 1 unspecified atom stereocenters. The van der Waals surface area contributed by atoms with Crippen LogP contribution in [0.2, 0.25) is 0 Å². The summed E-state index contributed by atoms with van der Waals surface area (Å²) < 4.78 is 0. The summed E-state index contributed by atoms with van der Waals surface area (Å²) in [5.41, 5.74) is 11.9. The number of imide groups is 3. The molecule has 1 aromatic carbocycles. The summed E-state index contributed by atoms with van der Waals surface area (Å²) in [5, 5.41) is 0. The lowest BCUT2D eigenvalue weighted by molar-refractivity contribution is -0.128. The van der Waals surface area contributed by atoms with Crippen molar-refractivity contribution in [1.29, 1.82) is 0 Å². The van der Waals surface area contributed by atoms with E-state index < -0.39 is 23.8 Å². The molecule has 0 saturated heterocycles. The van der Waals surface area contributed by atoms with Gasteiger partial charge in [-0.2, -0.15) is 0 Å². The predicted octanol–water partition coefficient (Wildman–Crippen LogP) is 0.765. The molecule has 6 nitrogen and oxygen atoms in total. The highest BCUT2D eigenvalue weighted by atomic mass is 16.2. The van der Waals surface area contributed by atoms with Gasteiger partial charge in [-0.05, 0) is 24.5 Å². The van der Waals surface area contributed by atoms with Gasteiger partial charge in [0.15, 0.2) is 0 Å². The van der Waals surface area contributed by atoms with E-state index in [9.17, 15) is 14.4 Å². The van der Waals surface area contributed by atoms with Gasteiger partial charge in [0.25, 0.3) is 17.7 Å². The van der Waals surface area contributed by atoms with Crippen LogP contribution in [0.5, 0.6) is 0 Å². The SMILES string of the molecule is CC(C)CC(N)C(=O)N1C(=O)c2cccc(N)c2C1=O. The van der Waals surface area contributed by atoms with Gasteiger partial charge in [0.2, 0.25) is 0 Å². The van der Waals surface area contributed by atoms with Gasteiger partial charge in [-0.3, -0.25) is 14.4 Å². The highest BCUT2D eigenvalue weighted by Gasteiger charge is 2.42. The normalized spacial score (nSPS) is 15.7. The first-order chi connectivity index (χ1) is 9.34. The number of anilines is 1. The number of carbonyl (C=O) groups is 3. The van der Waals surface area contributed by atoms with Crippen molar-refractivity contribution < 1.29 is 14.4 Å². The molecule has 2 rings (SSSR count). The number of hydrogen-bond donors (Lipinski definition) is 2. The van der Waals surface area contributed by atoms with E-state index in [0.29, 0.717) is 11.3 Å². The Bertz CT molecular complexity index is 595. The van der Waals surface area contributed by atoms with Gasteiger partial charge in [-0.15, -0.1) is 0 Å². The van der Waals surface area contributed by atoms with Crippen molar-refractivity contribution in [2.75, 3.05) is 5.73 Å². The standard InChI is InChI=1S/C14H17N3O3/c1-7(2)6-10(16)13(19)17-12(18)8-4-3-5-9(15)11(8)14(17)20/h3-5,7,10H,6,15-16H2,1-2H3. The Kier molecular flexibility index (Phi) is 3.59. The van der Waals surface area contributed by atoms with Gasteiger partial charge in [-0.25, -0.2) is 4.90 Å². The predicted molar refractivity (Wildman–Crippen MR) is 73.8 cm³/mol. The molecule has 3 amide bonds. The van der Waals surface area contributed by atoms with Gasteiger partial charge in [0.1, 0.15) is 0 Å². The molecule has 0 spiro atoms. The number of hydrogen-bond acceptors (Lipinski definition) is 5. The molecular weight excluding hydrogens is 258 g/mol. The number of benzene rings is 1. The van der Waals surface area contributed by atoms with E-state index in [0.717, 1.165) is 0 Å². The van der Waals surface area contributed by atoms with Crippen molar-refractivity contribution in [3.8, 4) is 0 Å². The van der Waals surface area contributed by atoms with E-state index in [2.05, 4.69) is 0 Å². The molecule has 0 radical (unpaired) electrons. The fourth-order valence-electron chi connectivity index (χ4n) is 2.29. The molecule has 6 heteroatoms. The second kappa shape index (κ2) is 5.05. The molecule has 106 valence electrons. The fraction of sp³-hybridized carbons (Fsp3) is 0.357. The van der Waals surface area contributed by atoms with Crippen LogP contribution in [0.3, 0.4) is 0 Å². The van der Waals surface area contributed by atoms with E-state index in [1.54, 1.807) is 6.07 Å². The maximum atomic E-state index is 12.2. The zero-order valence-corrected chi connectivity index (χ0v) is 11.4. The summed E-state index contributed by atoms with van der Waals surface area (Å²) in [7, 11) is 0. The zero-order valence-electron chi connectivity index (χ0n) is 11.4. The van der Waals surface area contributed by atoms with E-state index in [1.165, 1.54) is 12.1 Å². The molecule has 0 aromatic heterocycles. The average molecular weight is 275 g/mol. The van der Waals surface area contributed by atoms with Gasteiger partial charge in [-0.1, -0.05) is 19.9 Å². The van der Waals surface area contributed by atoms with Crippen molar-refractivity contribution in [2.24, 2.45) is 11.7 Å². The molecule has 20 heavy (non-hydrogen) atoms. The second-order valence-corrected chi connectivity index (χ2v) is 5.29. The van der Waals surface area contributed by atoms with Crippen LogP contribution in [0.4, 0.5) is 5.69 Å². The summed E-state index contributed by atoms with van der Waals surface area (Å²) in [6.07, 6.45) is 0.404. The van der Waals surface area contributed by atoms with E-state index in [1.807, 2.05) is 13.8 Å². The Hall–Kier alpha value is -2.21. The second-order valence-electron chi connectivity index (χ2n) is 5.29. The fourth-order valence-corrected chi connectivity index (χ4v) is 2.29. The van der Waals surface area contributed by atoms with Crippen LogP contribution in [-0.2, 0) is 4.79 Å². The Balaban J connectivity index is 2.33. The summed E-state index contributed by atoms with van der Waals surface area (Å²) >= 11 is 0. The van der Waals surface area contributed by atoms with Gasteiger partial charge in [0.05, 0.1) is 17.2 Å². The van der Waals surface area contributed by atoms with Crippen LogP contribution in [0.15, 0.2) is 18.2 Å². The van der Waals surface area contributed by atoms with Crippen LogP contribution in [-0.4, -0.2) is 28.7 Å². The maximum absolute atomic E-state index is 12.2. The largest absolute Gasteiger partial charge is 0.398 e. The number of carbonyl (C=O) groups excluding carboxylic acids is 3. The molecular formula is C14H17N3O3. The molecule has 0 bridgehead atoms. The summed E-state index contributed by atoms with van der Waals surface area (Å²) in [6.45, 7) is 3.82. The third kappa shape index (κ3) is 2.18. The number of rotatable bonds is 3. The first kappa shape index (κ1) is 14.2. The van der Waals surface area contributed by atoms with Gasteiger partial charge < -0.3 is 11.5 Å². The number of amides is 3. The van der Waals surface area contributed by atoms with Crippen molar-refractivity contribution >= 4 is 23.4 Å². The first-order valence-electron chi connectivity index (χ1n) is 6.41. The van der Waals surface area contributed by atoms with Gasteiger partial charge in [0, 0.05) is 5.69 Å². The third-order valence-corrected chi connectivity index (χ3v) is 3.21. The molecule has 0 aliphatic carbocycles. The van der Waals surface area contributed by atoms with E-state index in [4.69, 9.17) is 11.5 Å².